The summed E-state index contributed by atoms with van der Waals surface area (Å²) in [7, 11) is 0. The average Bonchev–Trinajstić information content (AvgIpc) is 2.86. The van der Waals surface area contributed by atoms with Gasteiger partial charge in [-0.1, -0.05) is 43.7 Å². The van der Waals surface area contributed by atoms with E-state index >= 15 is 0 Å². The molecule has 0 radical (unpaired) electrons. The first-order chi connectivity index (χ1) is 11.4. The van der Waals surface area contributed by atoms with E-state index in [1.54, 1.807) is 10.8 Å². The topological polar surface area (TPSA) is 68.0 Å². The highest BCUT2D eigenvalue weighted by atomic mass is 16.4. The largest absolute Gasteiger partial charge is 0.480 e. The molecule has 0 saturated carbocycles. The Balaban J connectivity index is 2.33. The fourth-order valence-electron chi connectivity index (χ4n) is 2.95. The summed E-state index contributed by atoms with van der Waals surface area (Å²) in [6, 6.07) is 9.17. The Morgan fingerprint density at radius 1 is 1.12 bits per heavy atom. The molecule has 0 aliphatic rings. The van der Waals surface area contributed by atoms with Gasteiger partial charge in [0.1, 0.15) is 17.4 Å². The van der Waals surface area contributed by atoms with Gasteiger partial charge in [-0.2, -0.15) is 0 Å². The maximum absolute atomic E-state index is 11.9. The highest BCUT2D eigenvalue weighted by Crippen LogP contribution is 2.31. The molecule has 1 unspecified atom stereocenters. The van der Waals surface area contributed by atoms with Gasteiger partial charge < -0.3 is 5.11 Å². The number of benzene rings is 1. The van der Waals surface area contributed by atoms with Crippen LogP contribution >= 0.6 is 0 Å². The summed E-state index contributed by atoms with van der Waals surface area (Å²) in [4.78, 5) is 21.1. The second-order valence-electron chi connectivity index (χ2n) is 6.55. The number of aliphatic carboxylic acids is 1. The van der Waals surface area contributed by atoms with Crippen molar-refractivity contribution in [2.45, 2.75) is 33.7 Å². The first-order valence-corrected chi connectivity index (χ1v) is 8.03. The van der Waals surface area contributed by atoms with Crippen LogP contribution in [0.15, 0.2) is 36.5 Å². The van der Waals surface area contributed by atoms with Crippen molar-refractivity contribution in [1.82, 2.24) is 14.5 Å². The Morgan fingerprint density at radius 3 is 2.38 bits per heavy atom. The Kier molecular flexibility index (Phi) is 4.09. The predicted molar refractivity (Wildman–Crippen MR) is 93.9 cm³/mol. The van der Waals surface area contributed by atoms with Crippen molar-refractivity contribution in [3.05, 3.63) is 47.7 Å². The molecule has 0 amide bonds. The molecule has 5 heteroatoms. The normalized spacial score (nSPS) is 12.7. The van der Waals surface area contributed by atoms with Gasteiger partial charge in [0.05, 0.1) is 0 Å². The predicted octanol–water partition coefficient (Wildman–Crippen LogP) is 4.00. The Morgan fingerprint density at radius 2 is 1.79 bits per heavy atom. The van der Waals surface area contributed by atoms with Crippen LogP contribution in [0.1, 0.15) is 31.0 Å². The molecule has 3 rings (SSSR count). The van der Waals surface area contributed by atoms with E-state index in [-0.39, 0.29) is 5.92 Å². The van der Waals surface area contributed by atoms with Gasteiger partial charge in [-0.05, 0) is 31.4 Å². The maximum atomic E-state index is 11.9. The first kappa shape index (κ1) is 16.2. The number of carbonyl (C=O) groups is 1. The maximum Gasteiger partial charge on any atom is 0.327 e. The van der Waals surface area contributed by atoms with Crippen LogP contribution in [0.25, 0.3) is 22.6 Å². The lowest BCUT2D eigenvalue weighted by molar-refractivity contribution is -0.142. The number of aryl methyl sites for hydroxylation is 2. The second-order valence-corrected chi connectivity index (χ2v) is 6.55. The Labute approximate surface area is 141 Å². The standard InChI is InChI=1S/C19H21N3O2/c1-11(2)16(19(23)24)22-17(14-7-5-12(3)6-8-14)21-15-9-13(4)10-20-18(15)22/h5-11,16H,1-4H3,(H,23,24). The van der Waals surface area contributed by atoms with Crippen LogP contribution in [0, 0.1) is 19.8 Å². The van der Waals surface area contributed by atoms with E-state index in [9.17, 15) is 9.90 Å². The molecule has 0 bridgehead atoms. The molecule has 0 spiro atoms. The molecule has 5 nitrogen and oxygen atoms in total. The Bertz CT molecular complexity index is 895. The van der Waals surface area contributed by atoms with Crippen molar-refractivity contribution in [2.75, 3.05) is 0 Å². The van der Waals surface area contributed by atoms with Crippen LogP contribution in [0.2, 0.25) is 0 Å². The number of nitrogens with zero attached hydrogens (tertiary/aromatic N) is 3. The zero-order valence-corrected chi connectivity index (χ0v) is 14.3. The average molecular weight is 323 g/mol. The summed E-state index contributed by atoms with van der Waals surface area (Å²) in [5.41, 5.74) is 4.37. The van der Waals surface area contributed by atoms with Gasteiger partial charge in [-0.3, -0.25) is 4.57 Å². The van der Waals surface area contributed by atoms with Crippen LogP contribution in [-0.4, -0.2) is 25.6 Å². The van der Waals surface area contributed by atoms with Crippen molar-refractivity contribution < 1.29 is 9.90 Å². The number of carboxylic acids is 1. The van der Waals surface area contributed by atoms with E-state index < -0.39 is 12.0 Å². The zero-order chi connectivity index (χ0) is 17.4. The minimum absolute atomic E-state index is 0.0906. The number of hydrogen-bond acceptors (Lipinski definition) is 3. The first-order valence-electron chi connectivity index (χ1n) is 8.03. The molecule has 0 fully saturated rings. The van der Waals surface area contributed by atoms with Gasteiger partial charge >= 0.3 is 5.97 Å². The van der Waals surface area contributed by atoms with Gasteiger partial charge in [0, 0.05) is 11.8 Å². The lowest BCUT2D eigenvalue weighted by atomic mass is 10.0. The molecular weight excluding hydrogens is 302 g/mol. The van der Waals surface area contributed by atoms with E-state index in [1.165, 1.54) is 0 Å². The summed E-state index contributed by atoms with van der Waals surface area (Å²) >= 11 is 0. The van der Waals surface area contributed by atoms with Crippen LogP contribution in [0.4, 0.5) is 0 Å². The minimum atomic E-state index is -0.875. The summed E-state index contributed by atoms with van der Waals surface area (Å²) in [6.07, 6.45) is 1.75. The number of carboxylic acid groups (broad SMARTS) is 1. The van der Waals surface area contributed by atoms with Gasteiger partial charge in [-0.15, -0.1) is 0 Å². The fraction of sp³-hybridized carbons (Fsp3) is 0.316. The quantitative estimate of drug-likeness (QED) is 0.788. The summed E-state index contributed by atoms with van der Waals surface area (Å²) in [5.74, 6) is -0.323. The van der Waals surface area contributed by atoms with Crippen molar-refractivity contribution in [3.8, 4) is 11.4 Å². The summed E-state index contributed by atoms with van der Waals surface area (Å²) in [6.45, 7) is 7.77. The number of hydrogen-bond donors (Lipinski definition) is 1. The molecule has 1 atom stereocenters. The molecule has 1 N–H and O–H groups in total. The van der Waals surface area contributed by atoms with Crippen LogP contribution in [0.3, 0.4) is 0 Å². The third-order valence-electron chi connectivity index (χ3n) is 4.14. The molecule has 124 valence electrons. The third kappa shape index (κ3) is 2.77. The van der Waals surface area contributed by atoms with E-state index in [0.717, 1.165) is 22.2 Å². The lowest BCUT2D eigenvalue weighted by Crippen LogP contribution is -2.25. The number of rotatable bonds is 4. The molecule has 0 saturated heterocycles. The molecule has 0 aliphatic carbocycles. The molecule has 2 heterocycles. The number of pyridine rings is 1. The van der Waals surface area contributed by atoms with Crippen molar-refractivity contribution in [3.63, 3.8) is 0 Å². The molecule has 3 aromatic rings. The van der Waals surface area contributed by atoms with E-state index in [2.05, 4.69) is 4.98 Å². The lowest BCUT2D eigenvalue weighted by Gasteiger charge is -2.21. The monoisotopic (exact) mass is 323 g/mol. The van der Waals surface area contributed by atoms with Crippen molar-refractivity contribution in [1.29, 1.82) is 0 Å². The number of imidazole rings is 1. The molecule has 1 aromatic carbocycles. The number of fused-ring (bicyclic) bond motifs is 1. The van der Waals surface area contributed by atoms with E-state index in [1.807, 2.05) is 58.0 Å². The highest BCUT2D eigenvalue weighted by Gasteiger charge is 2.29. The smallest absolute Gasteiger partial charge is 0.327 e. The molecule has 2 aromatic heterocycles. The van der Waals surface area contributed by atoms with Crippen LogP contribution < -0.4 is 0 Å². The Hall–Kier alpha value is -2.69. The zero-order valence-electron chi connectivity index (χ0n) is 14.3. The summed E-state index contributed by atoms with van der Waals surface area (Å²) in [5, 5.41) is 9.77. The molecular formula is C19H21N3O2. The third-order valence-corrected chi connectivity index (χ3v) is 4.14. The molecule has 0 aliphatic heterocycles. The van der Waals surface area contributed by atoms with Gasteiger partial charge in [0.15, 0.2) is 5.65 Å². The van der Waals surface area contributed by atoms with Gasteiger partial charge in [0.25, 0.3) is 0 Å². The van der Waals surface area contributed by atoms with E-state index in [4.69, 9.17) is 4.98 Å². The fourth-order valence-corrected chi connectivity index (χ4v) is 2.95. The van der Waals surface area contributed by atoms with Crippen molar-refractivity contribution >= 4 is 17.1 Å². The summed E-state index contributed by atoms with van der Waals surface area (Å²) < 4.78 is 1.76. The van der Waals surface area contributed by atoms with Crippen molar-refractivity contribution in [2.24, 2.45) is 5.92 Å². The minimum Gasteiger partial charge on any atom is -0.480 e. The van der Waals surface area contributed by atoms with Gasteiger partial charge in [0.2, 0.25) is 0 Å². The van der Waals surface area contributed by atoms with Gasteiger partial charge in [-0.25, -0.2) is 14.8 Å². The number of aromatic nitrogens is 3. The second kappa shape index (κ2) is 6.07. The van der Waals surface area contributed by atoms with Crippen LogP contribution in [0.5, 0.6) is 0 Å². The molecule has 24 heavy (non-hydrogen) atoms. The van der Waals surface area contributed by atoms with E-state index in [0.29, 0.717) is 11.5 Å². The van der Waals surface area contributed by atoms with Crippen LogP contribution in [-0.2, 0) is 4.79 Å². The highest BCUT2D eigenvalue weighted by molar-refractivity contribution is 5.82. The SMILES string of the molecule is Cc1ccc(-c2nc3cc(C)cnc3n2C(C(=O)O)C(C)C)cc1.